The smallest absolute Gasteiger partial charge is 0.220 e. The average Bonchev–Trinajstić information content (AvgIpc) is 0.758. The van der Waals surface area contributed by atoms with Crippen molar-refractivity contribution in [1.82, 2.24) is 28.3 Å². The first-order valence-corrected chi connectivity index (χ1v) is 37.2. The monoisotopic (exact) mass is 1510 g/mol. The van der Waals surface area contributed by atoms with Gasteiger partial charge in [-0.2, -0.15) is 0 Å². The molecule has 25 N–H and O–H groups in total. The standard InChI is InChI=1S/C70H125N3O29.2H3N/c1-5-7-9-11-13-15-17-19-20-22-24-26-28-30-32-34-52(84)73-44(45(79)33-31-29-27-25-23-21-18-16-14-12-10-8-6-2)40-95-65-59(89)58(88)61(51(39-76)98-65)99-66-60(90)64(57(87)50(38-75)97-66)102-70(68(93)94)36-47(81)54(72-43(4)78)63(101-70)56(86)49(83)41-96-69(67(91)92)35-46(80)53(71-42(3)77)62(100-69)55(85)48(82)37-74;;/h31,33,44-51,53-66,74-76,79-83,85-90H,5-30,32,34-41H2,1-4H3,(H,71,77)(H,72,78)(H,73,84)(H,91,92)(H,93,94);2*1H3/b33-31+;;/t44-,45+,46?,47?,48+,49+,50?,51?,53?,54?,55+,56+,57?,58?,59?,60?,61?,62?,63?,64?,65?,66?,69?,70?;;/m0../s1. The van der Waals surface area contributed by atoms with Gasteiger partial charge < -0.3 is 157 Å². The first-order chi connectivity index (χ1) is 48.7. The molecule has 4 fully saturated rings. The number of unbranched alkanes of at least 4 members (excludes halogenated alkanes) is 25. The Morgan fingerprint density at radius 3 is 1.41 bits per heavy atom. The summed E-state index contributed by atoms with van der Waals surface area (Å²) >= 11 is 0. The third-order valence-corrected chi connectivity index (χ3v) is 19.4. The van der Waals surface area contributed by atoms with Crippen LogP contribution in [0.15, 0.2) is 12.2 Å². The first-order valence-electron chi connectivity index (χ1n) is 37.2. The molecule has 4 saturated heterocycles. The zero-order valence-corrected chi connectivity index (χ0v) is 62.0. The fraction of sp³-hybridized carbons (Fsp3) is 0.900. The van der Waals surface area contributed by atoms with Crippen molar-refractivity contribution >= 4 is 29.7 Å². The van der Waals surface area contributed by atoms with Crippen LogP contribution in [0.1, 0.15) is 220 Å². The Morgan fingerprint density at radius 1 is 0.529 bits per heavy atom. The van der Waals surface area contributed by atoms with E-state index in [0.29, 0.717) is 12.8 Å². The van der Waals surface area contributed by atoms with Crippen LogP contribution in [0.5, 0.6) is 0 Å². The van der Waals surface area contributed by atoms with Gasteiger partial charge in [0.05, 0.1) is 69.5 Å². The lowest BCUT2D eigenvalue weighted by Crippen LogP contribution is -2.72. The third-order valence-electron chi connectivity index (χ3n) is 19.4. The quantitative estimate of drug-likeness (QED) is 0.0241. The highest BCUT2D eigenvalue weighted by Crippen LogP contribution is 2.40. The molecule has 34 nitrogen and oxygen atoms in total. The molecule has 4 heterocycles. The Balaban J connectivity index is 0.0000184. The molecule has 34 heteroatoms. The summed E-state index contributed by atoms with van der Waals surface area (Å²) in [5.41, 5.74) is 0. The highest BCUT2D eigenvalue weighted by Gasteiger charge is 2.59. The Hall–Kier alpha value is -3.87. The predicted molar refractivity (Wildman–Crippen MR) is 370 cm³/mol. The van der Waals surface area contributed by atoms with Crippen LogP contribution in [0.4, 0.5) is 0 Å². The summed E-state index contributed by atoms with van der Waals surface area (Å²) in [6.45, 7) is 1.14. The van der Waals surface area contributed by atoms with E-state index in [9.17, 15) is 106 Å². The van der Waals surface area contributed by atoms with Gasteiger partial charge in [0.2, 0.25) is 29.3 Å². The number of hydrogen-bond acceptors (Lipinski definition) is 29. The molecule has 24 atom stereocenters. The molecule has 0 aliphatic carbocycles. The van der Waals surface area contributed by atoms with Gasteiger partial charge in [-0.15, -0.1) is 0 Å². The second-order valence-corrected chi connectivity index (χ2v) is 27.9. The van der Waals surface area contributed by atoms with Crippen molar-refractivity contribution in [3.63, 3.8) is 0 Å². The molecule has 4 aliphatic rings. The number of hydrogen-bond donors (Lipinski definition) is 19. The first kappa shape index (κ1) is 96.2. The number of ether oxygens (including phenoxy) is 8. The Bertz CT molecular complexity index is 2410. The molecule has 4 aliphatic heterocycles. The van der Waals surface area contributed by atoms with E-state index in [0.717, 1.165) is 65.2 Å². The van der Waals surface area contributed by atoms with E-state index in [1.54, 1.807) is 6.08 Å². The van der Waals surface area contributed by atoms with Gasteiger partial charge in [0.25, 0.3) is 0 Å². The second-order valence-electron chi connectivity index (χ2n) is 27.9. The van der Waals surface area contributed by atoms with Crippen LogP contribution >= 0.6 is 0 Å². The largest absolute Gasteiger partial charge is 0.544 e. The number of amides is 3. The van der Waals surface area contributed by atoms with Gasteiger partial charge >= 0.3 is 0 Å². The fourth-order valence-electron chi connectivity index (χ4n) is 13.4. The van der Waals surface area contributed by atoms with E-state index in [4.69, 9.17) is 37.9 Å². The number of aliphatic carboxylic acids is 2. The fourth-order valence-corrected chi connectivity index (χ4v) is 13.4. The van der Waals surface area contributed by atoms with Crippen molar-refractivity contribution < 1.29 is 144 Å². The molecule has 610 valence electrons. The van der Waals surface area contributed by atoms with Crippen molar-refractivity contribution in [2.75, 3.05) is 33.0 Å². The molecule has 18 unspecified atom stereocenters. The highest BCUT2D eigenvalue weighted by atomic mass is 16.8. The van der Waals surface area contributed by atoms with Crippen LogP contribution < -0.4 is 38.5 Å². The summed E-state index contributed by atoms with van der Waals surface area (Å²) in [7, 11) is 0. The van der Waals surface area contributed by atoms with E-state index >= 15 is 0 Å². The zero-order chi connectivity index (χ0) is 75.5. The lowest BCUT2D eigenvalue weighted by atomic mass is 9.87. The van der Waals surface area contributed by atoms with Crippen molar-refractivity contribution in [2.24, 2.45) is 0 Å². The lowest BCUT2D eigenvalue weighted by molar-refractivity contribution is -0.412. The molecule has 0 spiro atoms. The number of nitrogens with one attached hydrogen (secondary N) is 3. The number of carbonyl (C=O) groups is 5. The second kappa shape index (κ2) is 50.8. The van der Waals surface area contributed by atoms with Gasteiger partial charge in [-0.05, 0) is 19.3 Å². The van der Waals surface area contributed by atoms with E-state index in [-0.39, 0.29) is 24.6 Å². The molecule has 3 amide bonds. The topological polar surface area (TPSA) is 598 Å². The Labute approximate surface area is 611 Å². The molecular weight excluding hydrogens is 1370 g/mol. The highest BCUT2D eigenvalue weighted by molar-refractivity contribution is 5.77. The molecule has 104 heavy (non-hydrogen) atoms. The number of aliphatic hydroxyl groups excluding tert-OH is 14. The molecule has 0 aromatic rings. The normalized spacial score (nSPS) is 31.1. The molecule has 0 bridgehead atoms. The van der Waals surface area contributed by atoms with Crippen molar-refractivity contribution in [2.45, 2.75) is 366 Å². The third kappa shape index (κ3) is 30.5. The van der Waals surface area contributed by atoms with Crippen molar-refractivity contribution in [3.05, 3.63) is 12.2 Å². The minimum atomic E-state index is -3.46. The number of quaternary nitrogens is 2. The maximum atomic E-state index is 13.5. The van der Waals surface area contributed by atoms with E-state index in [2.05, 4.69) is 29.8 Å². The molecule has 0 radical (unpaired) electrons. The Morgan fingerprint density at radius 2 is 0.962 bits per heavy atom. The lowest BCUT2D eigenvalue weighted by Gasteiger charge is -2.52. The summed E-state index contributed by atoms with van der Waals surface area (Å²) in [5.74, 6) is -13.5. The zero-order valence-electron chi connectivity index (χ0n) is 62.0. The molecule has 4 rings (SSSR count). The van der Waals surface area contributed by atoms with E-state index in [1.165, 1.54) is 109 Å². The van der Waals surface area contributed by atoms with E-state index in [1.807, 2.05) is 6.08 Å². The van der Waals surface area contributed by atoms with Crippen molar-refractivity contribution in [3.8, 4) is 0 Å². The minimum absolute atomic E-state index is 0. The van der Waals surface area contributed by atoms with Gasteiger partial charge in [0.15, 0.2) is 12.6 Å². The van der Waals surface area contributed by atoms with Crippen molar-refractivity contribution in [1.29, 1.82) is 0 Å². The number of aliphatic hydroxyl groups is 14. The van der Waals surface area contributed by atoms with Gasteiger partial charge in [0, 0.05) is 33.1 Å². The van der Waals surface area contributed by atoms with Crippen LogP contribution in [0.2, 0.25) is 0 Å². The summed E-state index contributed by atoms with van der Waals surface area (Å²) in [6.07, 6.45) is -8.44. The van der Waals surface area contributed by atoms with Crippen LogP contribution in [0.25, 0.3) is 0 Å². The molecule has 0 aromatic carbocycles. The molecule has 0 saturated carbocycles. The maximum Gasteiger partial charge on any atom is 0.220 e. The number of carbonyl (C=O) groups excluding carboxylic acids is 5. The minimum Gasteiger partial charge on any atom is -0.544 e. The number of rotatable bonds is 52. The predicted octanol–water partition coefficient (Wildman–Crippen LogP) is -1.58. The van der Waals surface area contributed by atoms with Crippen LogP contribution in [-0.4, -0.2) is 280 Å². The van der Waals surface area contributed by atoms with E-state index < -0.39 is 216 Å². The number of carboxylic acids is 2. The van der Waals surface area contributed by atoms with Crippen LogP contribution in [0.3, 0.4) is 0 Å². The molecule has 0 aromatic heterocycles. The van der Waals surface area contributed by atoms with Gasteiger partial charge in [-0.25, -0.2) is 0 Å². The maximum absolute atomic E-state index is 13.5. The number of allylic oxidation sites excluding steroid dienone is 1. The summed E-state index contributed by atoms with van der Waals surface area (Å²) < 4.78 is 45.7. The average molecular weight is 1510 g/mol. The van der Waals surface area contributed by atoms with Gasteiger partial charge in [-0.3, -0.25) is 14.4 Å². The number of carboxylic acid groups (broad SMARTS) is 2. The summed E-state index contributed by atoms with van der Waals surface area (Å²) in [6, 6.07) is -4.68. The van der Waals surface area contributed by atoms with Crippen LogP contribution in [0, 0.1) is 0 Å². The van der Waals surface area contributed by atoms with Gasteiger partial charge in [-0.1, -0.05) is 180 Å². The molecular formula is C70H131N5O29. The Kier molecular flexibility index (Phi) is 47.0. The summed E-state index contributed by atoms with van der Waals surface area (Å²) in [5, 5.41) is 189. The SMILES string of the molecule is CCCCCCCCCCCCC/C=C/[C@@H](O)[C@H](COC1OC(CO)C(OC2OC(CO)C(O)C(OC3(C(=O)[O-])CC(O)C(NC(C)=O)C([C@H](O)[C@H](O)COC4(C(=O)[O-])CC(O)C(NC(C)=O)C([C@H](O)[C@H](O)CO)O4)O3)C2O)C(O)C1O)NC(=O)CCCCCCCCCCCCCCCCC.[NH4+].[NH4+]. The van der Waals surface area contributed by atoms with Gasteiger partial charge in [0.1, 0.15) is 97.4 Å². The van der Waals surface area contributed by atoms with Crippen LogP contribution in [-0.2, 0) is 61.9 Å². The summed E-state index contributed by atoms with van der Waals surface area (Å²) in [4.78, 5) is 64.1.